The molecule has 0 saturated heterocycles. The molecule has 0 aliphatic rings. The molecule has 103 valence electrons. The van der Waals surface area contributed by atoms with Gasteiger partial charge in [0.15, 0.2) is 0 Å². The molecule has 0 nitrogen and oxygen atoms in total. The first-order valence-corrected chi connectivity index (χ1v) is 14.2. The summed E-state index contributed by atoms with van der Waals surface area (Å²) in [6, 6.07) is 0. The van der Waals surface area contributed by atoms with Crippen LogP contribution in [0.25, 0.3) is 0 Å². The Kier molecular flexibility index (Phi) is 15.6. The third-order valence-electron chi connectivity index (χ3n) is 3.65. The summed E-state index contributed by atoms with van der Waals surface area (Å²) in [5.41, 5.74) is 0. The van der Waals surface area contributed by atoms with E-state index in [1.54, 1.807) is 19.7 Å². The average Bonchev–Trinajstić information content (AvgIpc) is 2.35. The van der Waals surface area contributed by atoms with E-state index in [0.717, 1.165) is 0 Å². The van der Waals surface area contributed by atoms with Crippen LogP contribution in [-0.4, -0.2) is 19.8 Å². The van der Waals surface area contributed by atoms with E-state index in [4.69, 9.17) is 0 Å². The van der Waals surface area contributed by atoms with Gasteiger partial charge in [-0.3, -0.25) is 0 Å². The average molecular weight is 346 g/mol. The van der Waals surface area contributed by atoms with Gasteiger partial charge in [0.05, 0.1) is 0 Å². The van der Waals surface area contributed by atoms with E-state index in [0.29, 0.717) is 0 Å². The molecular formula is C16H35Sn. The standard InChI is InChI=1S/C8H17.2C4H9.Sn/c1-3-5-7-8-6-4-2;2*1-3-4-2;/h1,3-8H2,2H3;2*1,3-4H2,2H3;. The fourth-order valence-corrected chi connectivity index (χ4v) is 11.5. The molecular weight excluding hydrogens is 311 g/mol. The predicted molar refractivity (Wildman–Crippen MR) is 83.4 cm³/mol. The van der Waals surface area contributed by atoms with E-state index in [-0.39, 0.29) is 0 Å². The van der Waals surface area contributed by atoms with E-state index < -0.39 is 19.8 Å². The van der Waals surface area contributed by atoms with Crippen molar-refractivity contribution in [3.63, 3.8) is 0 Å². The van der Waals surface area contributed by atoms with Crippen LogP contribution in [0.5, 0.6) is 0 Å². The van der Waals surface area contributed by atoms with Crippen LogP contribution in [0.4, 0.5) is 0 Å². The van der Waals surface area contributed by atoms with E-state index in [1.165, 1.54) is 57.8 Å². The molecule has 0 N–H and O–H groups in total. The summed E-state index contributed by atoms with van der Waals surface area (Å²) in [5.74, 6) is 0. The van der Waals surface area contributed by atoms with E-state index in [1.807, 2.05) is 0 Å². The molecule has 0 aromatic carbocycles. The van der Waals surface area contributed by atoms with Crippen molar-refractivity contribution in [1.29, 1.82) is 0 Å². The van der Waals surface area contributed by atoms with Gasteiger partial charge >= 0.3 is 118 Å². The molecule has 1 heteroatoms. The minimum absolute atomic E-state index is 0.898. The van der Waals surface area contributed by atoms with Crippen molar-refractivity contribution in [2.45, 2.75) is 98.3 Å². The molecule has 0 atom stereocenters. The maximum absolute atomic E-state index is 2.35. The fourth-order valence-electron chi connectivity index (χ4n) is 2.38. The quantitative estimate of drug-likeness (QED) is 0.266. The van der Waals surface area contributed by atoms with Gasteiger partial charge in [0, 0.05) is 0 Å². The second-order valence-electron chi connectivity index (χ2n) is 5.47. The Morgan fingerprint density at radius 2 is 0.882 bits per heavy atom. The summed E-state index contributed by atoms with van der Waals surface area (Å²) < 4.78 is 5.08. The van der Waals surface area contributed by atoms with Crippen molar-refractivity contribution in [2.24, 2.45) is 0 Å². The van der Waals surface area contributed by atoms with Crippen LogP contribution in [0.2, 0.25) is 13.3 Å². The van der Waals surface area contributed by atoms with E-state index in [2.05, 4.69) is 20.8 Å². The van der Waals surface area contributed by atoms with Gasteiger partial charge in [0.1, 0.15) is 0 Å². The summed E-state index contributed by atoms with van der Waals surface area (Å²) in [7, 11) is 0. The van der Waals surface area contributed by atoms with Crippen LogP contribution in [-0.2, 0) is 0 Å². The zero-order valence-electron chi connectivity index (χ0n) is 12.7. The second-order valence-corrected chi connectivity index (χ2v) is 14.0. The molecule has 0 aliphatic heterocycles. The zero-order valence-corrected chi connectivity index (χ0v) is 15.5. The molecule has 0 rings (SSSR count). The molecule has 0 bridgehead atoms. The van der Waals surface area contributed by atoms with Crippen LogP contribution in [0, 0.1) is 0 Å². The Morgan fingerprint density at radius 3 is 1.41 bits per heavy atom. The van der Waals surface area contributed by atoms with Crippen molar-refractivity contribution in [2.75, 3.05) is 0 Å². The maximum atomic E-state index is 2.35. The first-order valence-electron chi connectivity index (χ1n) is 8.18. The molecule has 0 amide bonds. The molecule has 17 heavy (non-hydrogen) atoms. The van der Waals surface area contributed by atoms with E-state index in [9.17, 15) is 0 Å². The van der Waals surface area contributed by atoms with Crippen LogP contribution >= 0.6 is 0 Å². The van der Waals surface area contributed by atoms with Gasteiger partial charge in [-0.15, -0.1) is 0 Å². The zero-order chi connectivity index (χ0) is 12.8. The molecule has 0 aromatic rings. The van der Waals surface area contributed by atoms with Gasteiger partial charge in [-0.2, -0.15) is 0 Å². The van der Waals surface area contributed by atoms with Gasteiger partial charge in [-0.1, -0.05) is 0 Å². The van der Waals surface area contributed by atoms with Crippen LogP contribution in [0.3, 0.4) is 0 Å². The van der Waals surface area contributed by atoms with Crippen molar-refractivity contribution >= 4 is 19.8 Å². The van der Waals surface area contributed by atoms with Crippen LogP contribution in [0.1, 0.15) is 85.0 Å². The van der Waals surface area contributed by atoms with Crippen molar-refractivity contribution in [1.82, 2.24) is 0 Å². The molecule has 0 aromatic heterocycles. The van der Waals surface area contributed by atoms with Gasteiger partial charge in [-0.25, -0.2) is 0 Å². The Hall–Kier alpha value is 0.799. The Bertz CT molecular complexity index is 125. The summed E-state index contributed by atoms with van der Waals surface area (Å²) in [6.45, 7) is 7.01. The number of unbranched alkanes of at least 4 members (excludes halogenated alkanes) is 7. The van der Waals surface area contributed by atoms with E-state index >= 15 is 0 Å². The first-order chi connectivity index (χ1) is 8.35. The third kappa shape index (κ3) is 13.0. The van der Waals surface area contributed by atoms with Gasteiger partial charge < -0.3 is 0 Å². The molecule has 0 saturated carbocycles. The Morgan fingerprint density at radius 1 is 0.471 bits per heavy atom. The van der Waals surface area contributed by atoms with Gasteiger partial charge in [-0.05, 0) is 0 Å². The van der Waals surface area contributed by atoms with Crippen molar-refractivity contribution < 1.29 is 0 Å². The molecule has 0 unspecified atom stereocenters. The third-order valence-corrected chi connectivity index (χ3v) is 12.7. The second kappa shape index (κ2) is 14.9. The number of hydrogen-bond donors (Lipinski definition) is 0. The Balaban J connectivity index is 3.45. The summed E-state index contributed by atoms with van der Waals surface area (Å²) >= 11 is -0.898. The predicted octanol–water partition coefficient (Wildman–Crippen LogP) is 6.44. The summed E-state index contributed by atoms with van der Waals surface area (Å²) in [4.78, 5) is 0. The van der Waals surface area contributed by atoms with Gasteiger partial charge in [0.25, 0.3) is 0 Å². The number of hydrogen-bond acceptors (Lipinski definition) is 0. The molecule has 0 heterocycles. The normalized spacial score (nSPS) is 11.3. The molecule has 0 aliphatic carbocycles. The Labute approximate surface area is 118 Å². The minimum atomic E-state index is -0.898. The monoisotopic (exact) mass is 347 g/mol. The van der Waals surface area contributed by atoms with Gasteiger partial charge in [0.2, 0.25) is 0 Å². The molecule has 1 radical (unpaired) electrons. The van der Waals surface area contributed by atoms with Crippen molar-refractivity contribution in [3.05, 3.63) is 0 Å². The molecule has 0 fully saturated rings. The van der Waals surface area contributed by atoms with Crippen LogP contribution in [0.15, 0.2) is 0 Å². The summed E-state index contributed by atoms with van der Waals surface area (Å²) in [5, 5.41) is 0. The topological polar surface area (TPSA) is 0 Å². The van der Waals surface area contributed by atoms with Crippen LogP contribution < -0.4 is 0 Å². The first kappa shape index (κ1) is 17.8. The summed E-state index contributed by atoms with van der Waals surface area (Å²) in [6.07, 6.45) is 14.9. The number of rotatable bonds is 13. The van der Waals surface area contributed by atoms with Crippen molar-refractivity contribution in [3.8, 4) is 0 Å². The SMILES string of the molecule is CCCCCCC[CH2][Sn]([CH2]CCC)[CH2]CCC. The fraction of sp³-hybridized carbons (Fsp3) is 1.00. The molecule has 0 spiro atoms.